The highest BCUT2D eigenvalue weighted by Crippen LogP contribution is 2.39. The molecule has 0 radical (unpaired) electrons. The van der Waals surface area contributed by atoms with Gasteiger partial charge in [-0.05, 0) is 55.5 Å². The molecule has 0 bridgehead atoms. The lowest BCUT2D eigenvalue weighted by Crippen LogP contribution is -2.15. The minimum Gasteiger partial charge on any atom is -0.489 e. The maximum atomic E-state index is 13.9. The molecule has 1 aliphatic rings. The van der Waals surface area contributed by atoms with E-state index in [-0.39, 0.29) is 48.0 Å². The second kappa shape index (κ2) is 11.1. The average molecular weight is 577 g/mol. The van der Waals surface area contributed by atoms with Gasteiger partial charge in [-0.15, -0.1) is 0 Å². The largest absolute Gasteiger partial charge is 0.489 e. The molecular formula is C28H20ClF3O8. The van der Waals surface area contributed by atoms with Gasteiger partial charge in [-0.2, -0.15) is 13.2 Å². The molecule has 40 heavy (non-hydrogen) atoms. The first-order chi connectivity index (χ1) is 19.1. The zero-order valence-corrected chi connectivity index (χ0v) is 21.6. The van der Waals surface area contributed by atoms with E-state index < -0.39 is 29.1 Å². The molecule has 0 atom stereocenters. The Morgan fingerprint density at radius 1 is 1.05 bits per heavy atom. The number of hydrogen-bond acceptors (Lipinski definition) is 8. The highest BCUT2D eigenvalue weighted by atomic mass is 35.5. The van der Waals surface area contributed by atoms with Crippen LogP contribution in [0.3, 0.4) is 0 Å². The number of ether oxygens (including phenoxy) is 5. The van der Waals surface area contributed by atoms with E-state index in [2.05, 4.69) is 0 Å². The Morgan fingerprint density at radius 3 is 2.52 bits per heavy atom. The molecule has 8 nitrogen and oxygen atoms in total. The minimum absolute atomic E-state index is 0.0201. The number of esters is 1. The topological polar surface area (TPSA) is 93.4 Å². The van der Waals surface area contributed by atoms with E-state index in [1.807, 2.05) is 0 Å². The number of halogens is 4. The van der Waals surface area contributed by atoms with Crippen LogP contribution in [0.1, 0.15) is 34.2 Å². The Kier molecular flexibility index (Phi) is 7.59. The standard InChI is InChI=1S/C28H20ClF3O8/c1-2-36-27(34)15-3-5-19(6-4-15)39-25-23(33)21-8-7-20(11-22(21)40-26(25)28(30,31)32)37-13-17-10-18(29)9-16-12-35-14-38-24(16)17/h3-11H,2,12-14H2,1H3. The van der Waals surface area contributed by atoms with E-state index in [1.54, 1.807) is 19.1 Å². The van der Waals surface area contributed by atoms with Crippen molar-refractivity contribution in [3.63, 3.8) is 0 Å². The van der Waals surface area contributed by atoms with Gasteiger partial charge >= 0.3 is 12.1 Å². The maximum Gasteiger partial charge on any atom is 0.453 e. The van der Waals surface area contributed by atoms with Crippen molar-refractivity contribution in [3.05, 3.63) is 92.3 Å². The first-order valence-corrected chi connectivity index (χ1v) is 12.3. The Bertz CT molecular complexity index is 1630. The number of hydrogen-bond donors (Lipinski definition) is 0. The molecule has 0 aliphatic carbocycles. The smallest absolute Gasteiger partial charge is 0.453 e. The Balaban J connectivity index is 1.45. The summed E-state index contributed by atoms with van der Waals surface area (Å²) in [5.41, 5.74) is 0.131. The summed E-state index contributed by atoms with van der Waals surface area (Å²) < 4.78 is 73.7. The minimum atomic E-state index is -5.05. The lowest BCUT2D eigenvalue weighted by atomic mass is 10.1. The summed E-state index contributed by atoms with van der Waals surface area (Å²) in [6, 6.07) is 12.4. The second-order valence-corrected chi connectivity index (χ2v) is 8.98. The van der Waals surface area contributed by atoms with Crippen LogP contribution in [0, 0.1) is 0 Å². The fourth-order valence-corrected chi connectivity index (χ4v) is 4.31. The summed E-state index contributed by atoms with van der Waals surface area (Å²) in [5, 5.41) is 0.285. The summed E-state index contributed by atoms with van der Waals surface area (Å²) in [7, 11) is 0. The van der Waals surface area contributed by atoms with Gasteiger partial charge in [-0.3, -0.25) is 4.79 Å². The van der Waals surface area contributed by atoms with Crippen LogP contribution >= 0.6 is 11.6 Å². The van der Waals surface area contributed by atoms with Gasteiger partial charge in [0.15, 0.2) is 6.79 Å². The lowest BCUT2D eigenvalue weighted by Gasteiger charge is -2.21. The predicted octanol–water partition coefficient (Wildman–Crippen LogP) is 6.88. The van der Waals surface area contributed by atoms with E-state index in [9.17, 15) is 22.8 Å². The molecule has 2 heterocycles. The molecule has 12 heteroatoms. The summed E-state index contributed by atoms with van der Waals surface area (Å²) in [6.07, 6.45) is -5.05. The van der Waals surface area contributed by atoms with Crippen LogP contribution < -0.4 is 19.6 Å². The molecular weight excluding hydrogens is 557 g/mol. The average Bonchev–Trinajstić information content (AvgIpc) is 2.93. The van der Waals surface area contributed by atoms with Gasteiger partial charge in [0.1, 0.15) is 29.4 Å². The molecule has 5 rings (SSSR count). The van der Waals surface area contributed by atoms with Crippen molar-refractivity contribution in [1.29, 1.82) is 0 Å². The Morgan fingerprint density at radius 2 is 1.80 bits per heavy atom. The van der Waals surface area contributed by atoms with E-state index in [0.717, 1.165) is 5.56 Å². The predicted molar refractivity (Wildman–Crippen MR) is 136 cm³/mol. The van der Waals surface area contributed by atoms with E-state index in [4.69, 9.17) is 39.7 Å². The molecule has 3 aromatic carbocycles. The molecule has 1 aliphatic heterocycles. The van der Waals surface area contributed by atoms with Crippen LogP contribution in [-0.4, -0.2) is 19.4 Å². The first kappa shape index (κ1) is 27.4. The van der Waals surface area contributed by atoms with Crippen LogP contribution in [0.2, 0.25) is 5.02 Å². The molecule has 0 saturated heterocycles. The molecule has 1 aromatic heterocycles. The molecule has 0 N–H and O–H groups in total. The number of carbonyl (C=O) groups excluding carboxylic acids is 1. The number of rotatable bonds is 7. The van der Waals surface area contributed by atoms with Gasteiger partial charge in [0.05, 0.1) is 24.2 Å². The van der Waals surface area contributed by atoms with Crippen LogP contribution in [-0.2, 0) is 28.9 Å². The Hall–Kier alpha value is -4.22. The number of carbonyl (C=O) groups is 1. The highest BCUT2D eigenvalue weighted by molar-refractivity contribution is 6.30. The molecule has 0 spiro atoms. The van der Waals surface area contributed by atoms with Crippen molar-refractivity contribution in [2.45, 2.75) is 26.3 Å². The van der Waals surface area contributed by atoms with Gasteiger partial charge in [0.25, 0.3) is 5.76 Å². The summed E-state index contributed by atoms with van der Waals surface area (Å²) in [6.45, 7) is 2.14. The van der Waals surface area contributed by atoms with Gasteiger partial charge in [-0.1, -0.05) is 11.6 Å². The fraction of sp³-hybridized carbons (Fsp3) is 0.214. The Labute approximate surface area is 229 Å². The zero-order valence-electron chi connectivity index (χ0n) is 20.8. The number of alkyl halides is 3. The second-order valence-electron chi connectivity index (χ2n) is 8.54. The summed E-state index contributed by atoms with van der Waals surface area (Å²) in [5.74, 6) is -2.67. The monoisotopic (exact) mass is 576 g/mol. The van der Waals surface area contributed by atoms with Crippen LogP contribution in [0.25, 0.3) is 11.0 Å². The van der Waals surface area contributed by atoms with E-state index in [1.165, 1.54) is 42.5 Å². The molecule has 208 valence electrons. The number of fused-ring (bicyclic) bond motifs is 2. The third kappa shape index (κ3) is 5.70. The van der Waals surface area contributed by atoms with E-state index in [0.29, 0.717) is 22.9 Å². The van der Waals surface area contributed by atoms with Crippen molar-refractivity contribution in [2.24, 2.45) is 0 Å². The van der Waals surface area contributed by atoms with E-state index >= 15 is 0 Å². The van der Waals surface area contributed by atoms with Gasteiger partial charge in [0, 0.05) is 22.2 Å². The molecule has 0 amide bonds. The van der Waals surface area contributed by atoms with Gasteiger partial charge in [-0.25, -0.2) is 4.79 Å². The van der Waals surface area contributed by atoms with Crippen molar-refractivity contribution >= 4 is 28.5 Å². The highest BCUT2D eigenvalue weighted by Gasteiger charge is 2.40. The van der Waals surface area contributed by atoms with Crippen LogP contribution in [0.5, 0.6) is 23.0 Å². The third-order valence-electron chi connectivity index (χ3n) is 5.81. The fourth-order valence-electron chi connectivity index (χ4n) is 4.04. The molecule has 0 unspecified atom stereocenters. The van der Waals surface area contributed by atoms with Crippen molar-refractivity contribution in [2.75, 3.05) is 13.4 Å². The van der Waals surface area contributed by atoms with Crippen LogP contribution in [0.4, 0.5) is 13.2 Å². The van der Waals surface area contributed by atoms with Crippen molar-refractivity contribution < 1.29 is 46.1 Å². The normalized spacial score (nSPS) is 12.9. The third-order valence-corrected chi connectivity index (χ3v) is 6.03. The summed E-state index contributed by atoms with van der Waals surface area (Å²) in [4.78, 5) is 24.9. The number of benzene rings is 3. The lowest BCUT2D eigenvalue weighted by molar-refractivity contribution is -0.154. The first-order valence-electron chi connectivity index (χ1n) is 11.9. The molecule has 4 aromatic rings. The van der Waals surface area contributed by atoms with Crippen LogP contribution in [0.15, 0.2) is 63.8 Å². The maximum absolute atomic E-state index is 13.9. The van der Waals surface area contributed by atoms with Crippen molar-refractivity contribution in [1.82, 2.24) is 0 Å². The van der Waals surface area contributed by atoms with Crippen molar-refractivity contribution in [3.8, 4) is 23.0 Å². The molecule has 0 saturated carbocycles. The zero-order chi connectivity index (χ0) is 28.4. The summed E-state index contributed by atoms with van der Waals surface area (Å²) >= 11 is 6.17. The molecule has 0 fully saturated rings. The van der Waals surface area contributed by atoms with Gasteiger partial charge in [0.2, 0.25) is 11.2 Å². The SMILES string of the molecule is CCOC(=O)c1ccc(Oc2c(C(F)(F)F)oc3cc(OCc4cc(Cl)cc5c4OCOC5)ccc3c2=O)cc1. The van der Waals surface area contributed by atoms with Gasteiger partial charge < -0.3 is 28.1 Å². The quantitative estimate of drug-likeness (QED) is 0.220.